The van der Waals surface area contributed by atoms with E-state index in [0.29, 0.717) is 12.6 Å². The molecular formula is C20H35IN4O3. The van der Waals surface area contributed by atoms with E-state index in [1.54, 1.807) is 21.3 Å². The number of guanidine groups is 1. The molecule has 1 fully saturated rings. The molecule has 1 unspecified atom stereocenters. The number of aliphatic imine (C=N–C) groups is 1. The number of benzene rings is 1. The van der Waals surface area contributed by atoms with E-state index in [2.05, 4.69) is 22.5 Å². The van der Waals surface area contributed by atoms with Crippen molar-refractivity contribution in [3.8, 4) is 11.5 Å². The first-order valence-corrected chi connectivity index (χ1v) is 9.67. The minimum Gasteiger partial charge on any atom is -0.497 e. The van der Waals surface area contributed by atoms with Crippen LogP contribution >= 0.6 is 24.0 Å². The highest BCUT2D eigenvalue weighted by atomic mass is 127. The molecule has 1 saturated heterocycles. The quantitative estimate of drug-likeness (QED) is 0.289. The maximum Gasteiger partial charge on any atom is 0.191 e. The number of hydrogen-bond acceptors (Lipinski definition) is 5. The van der Waals surface area contributed by atoms with Gasteiger partial charge in [0.25, 0.3) is 0 Å². The second-order valence-corrected chi connectivity index (χ2v) is 6.58. The Morgan fingerprint density at radius 1 is 1.21 bits per heavy atom. The van der Waals surface area contributed by atoms with Gasteiger partial charge in [0.2, 0.25) is 0 Å². The van der Waals surface area contributed by atoms with Crippen molar-refractivity contribution >= 4 is 29.9 Å². The minimum absolute atomic E-state index is 0. The molecule has 1 aromatic carbocycles. The number of methoxy groups -OCH3 is 3. The van der Waals surface area contributed by atoms with Crippen LogP contribution in [0.1, 0.15) is 25.3 Å². The van der Waals surface area contributed by atoms with Crippen molar-refractivity contribution in [3.05, 3.63) is 23.8 Å². The second-order valence-electron chi connectivity index (χ2n) is 6.58. The molecule has 7 nitrogen and oxygen atoms in total. The summed E-state index contributed by atoms with van der Waals surface area (Å²) >= 11 is 0. The van der Waals surface area contributed by atoms with Crippen molar-refractivity contribution < 1.29 is 14.2 Å². The summed E-state index contributed by atoms with van der Waals surface area (Å²) in [4.78, 5) is 7.22. The standard InChI is InChI=1S/C20H34N4O3.HI/c1-5-21-20(23-15-17-7-6-10-24(17)11-12-25-2)22-14-16-8-9-18(26-3)13-19(16)27-4;/h8-9,13,17H,5-7,10-12,14-15H2,1-4H3,(H2,21,22,23);1H. The number of nitrogens with zero attached hydrogens (tertiary/aromatic N) is 2. The van der Waals surface area contributed by atoms with E-state index in [1.807, 2.05) is 18.2 Å². The van der Waals surface area contributed by atoms with E-state index < -0.39 is 0 Å². The number of rotatable bonds is 10. The maximum absolute atomic E-state index is 5.46. The summed E-state index contributed by atoms with van der Waals surface area (Å²) in [5.74, 6) is 2.39. The molecule has 0 spiro atoms. The van der Waals surface area contributed by atoms with E-state index >= 15 is 0 Å². The van der Waals surface area contributed by atoms with Gasteiger partial charge < -0.3 is 24.8 Å². The normalized spacial score (nSPS) is 17.1. The van der Waals surface area contributed by atoms with Crippen molar-refractivity contribution in [2.75, 3.05) is 54.1 Å². The van der Waals surface area contributed by atoms with E-state index in [-0.39, 0.29) is 24.0 Å². The van der Waals surface area contributed by atoms with Gasteiger partial charge in [0.1, 0.15) is 11.5 Å². The molecule has 2 N–H and O–H groups in total. The number of halogens is 1. The molecule has 1 aliphatic heterocycles. The van der Waals surface area contributed by atoms with Crippen LogP contribution < -0.4 is 20.1 Å². The van der Waals surface area contributed by atoms with Gasteiger partial charge in [-0.25, -0.2) is 4.99 Å². The zero-order chi connectivity index (χ0) is 19.5. The van der Waals surface area contributed by atoms with Gasteiger partial charge in [0.05, 0.1) is 27.4 Å². The molecule has 2 rings (SSSR count). The lowest BCUT2D eigenvalue weighted by atomic mass is 10.2. The molecule has 0 radical (unpaired) electrons. The van der Waals surface area contributed by atoms with Gasteiger partial charge in [-0.2, -0.15) is 0 Å². The Bertz CT molecular complexity index is 601. The molecule has 0 bridgehead atoms. The Hall–Kier alpha value is -1.26. The fraction of sp³-hybridized carbons (Fsp3) is 0.650. The van der Waals surface area contributed by atoms with Crippen molar-refractivity contribution in [1.29, 1.82) is 0 Å². The lowest BCUT2D eigenvalue weighted by Crippen LogP contribution is -2.45. The topological polar surface area (TPSA) is 67.4 Å². The molecule has 0 amide bonds. The number of ether oxygens (including phenoxy) is 3. The van der Waals surface area contributed by atoms with Crippen LogP contribution in [0.25, 0.3) is 0 Å². The minimum atomic E-state index is 0. The van der Waals surface area contributed by atoms with Gasteiger partial charge in [-0.15, -0.1) is 24.0 Å². The Balaban J connectivity index is 0.00000392. The SMILES string of the molecule is CCNC(=NCc1ccc(OC)cc1OC)NCC1CCCN1CCOC.I. The first kappa shape index (κ1) is 24.8. The molecule has 0 saturated carbocycles. The third kappa shape index (κ3) is 7.63. The van der Waals surface area contributed by atoms with Crippen molar-refractivity contribution in [3.63, 3.8) is 0 Å². The van der Waals surface area contributed by atoms with Gasteiger partial charge in [0.15, 0.2) is 5.96 Å². The molecule has 1 aromatic rings. The molecule has 0 aromatic heterocycles. The molecule has 0 aliphatic carbocycles. The van der Waals surface area contributed by atoms with Crippen LogP contribution in [0.2, 0.25) is 0 Å². The monoisotopic (exact) mass is 506 g/mol. The number of likely N-dealkylation sites (tertiary alicyclic amines) is 1. The molecular weight excluding hydrogens is 471 g/mol. The highest BCUT2D eigenvalue weighted by Crippen LogP contribution is 2.25. The van der Waals surface area contributed by atoms with Crippen LogP contribution in [0.4, 0.5) is 0 Å². The molecule has 1 atom stereocenters. The molecule has 1 heterocycles. The molecule has 1 aliphatic rings. The lowest BCUT2D eigenvalue weighted by Gasteiger charge is -2.25. The Morgan fingerprint density at radius 2 is 2.04 bits per heavy atom. The third-order valence-electron chi connectivity index (χ3n) is 4.83. The molecule has 28 heavy (non-hydrogen) atoms. The number of nitrogens with one attached hydrogen (secondary N) is 2. The predicted molar refractivity (Wildman–Crippen MR) is 124 cm³/mol. The van der Waals surface area contributed by atoms with E-state index in [1.165, 1.54) is 12.8 Å². The van der Waals surface area contributed by atoms with Crippen LogP contribution in [0.3, 0.4) is 0 Å². The van der Waals surface area contributed by atoms with Crippen molar-refractivity contribution in [1.82, 2.24) is 15.5 Å². The van der Waals surface area contributed by atoms with E-state index in [0.717, 1.165) is 55.8 Å². The summed E-state index contributed by atoms with van der Waals surface area (Å²) in [6.07, 6.45) is 2.45. The predicted octanol–water partition coefficient (Wildman–Crippen LogP) is 2.49. The highest BCUT2D eigenvalue weighted by Gasteiger charge is 2.23. The van der Waals surface area contributed by atoms with Crippen molar-refractivity contribution in [2.24, 2.45) is 4.99 Å². The zero-order valence-corrected chi connectivity index (χ0v) is 19.8. The second kappa shape index (κ2) is 13.8. The van der Waals surface area contributed by atoms with Gasteiger partial charge >= 0.3 is 0 Å². The Labute approximate surface area is 186 Å². The highest BCUT2D eigenvalue weighted by molar-refractivity contribution is 14.0. The maximum atomic E-state index is 5.46. The summed E-state index contributed by atoms with van der Waals surface area (Å²) < 4.78 is 15.9. The summed E-state index contributed by atoms with van der Waals surface area (Å²) in [7, 11) is 5.07. The summed E-state index contributed by atoms with van der Waals surface area (Å²) in [5, 5.41) is 6.82. The van der Waals surface area contributed by atoms with Crippen LogP contribution in [-0.4, -0.2) is 71.0 Å². The fourth-order valence-electron chi connectivity index (χ4n) is 3.33. The van der Waals surface area contributed by atoms with Gasteiger partial charge in [-0.3, -0.25) is 4.90 Å². The van der Waals surface area contributed by atoms with E-state index in [9.17, 15) is 0 Å². The average Bonchev–Trinajstić information content (AvgIpc) is 3.15. The largest absolute Gasteiger partial charge is 0.497 e. The molecule has 160 valence electrons. The number of hydrogen-bond donors (Lipinski definition) is 2. The zero-order valence-electron chi connectivity index (χ0n) is 17.5. The Kier molecular flexibility index (Phi) is 12.2. The molecule has 8 heteroatoms. The van der Waals surface area contributed by atoms with Crippen LogP contribution in [-0.2, 0) is 11.3 Å². The van der Waals surface area contributed by atoms with Crippen LogP contribution in [0.15, 0.2) is 23.2 Å². The Morgan fingerprint density at radius 3 is 2.71 bits per heavy atom. The average molecular weight is 506 g/mol. The van der Waals surface area contributed by atoms with Gasteiger partial charge in [-0.1, -0.05) is 0 Å². The lowest BCUT2D eigenvalue weighted by molar-refractivity contribution is 0.141. The third-order valence-corrected chi connectivity index (χ3v) is 4.83. The summed E-state index contributed by atoms with van der Waals surface area (Å²) in [5.41, 5.74) is 1.03. The first-order valence-electron chi connectivity index (χ1n) is 9.67. The first-order chi connectivity index (χ1) is 13.2. The smallest absolute Gasteiger partial charge is 0.191 e. The van der Waals surface area contributed by atoms with Crippen molar-refractivity contribution in [2.45, 2.75) is 32.4 Å². The van der Waals surface area contributed by atoms with Crippen LogP contribution in [0, 0.1) is 0 Å². The van der Waals surface area contributed by atoms with E-state index in [4.69, 9.17) is 19.2 Å². The van der Waals surface area contributed by atoms with Gasteiger partial charge in [0, 0.05) is 44.4 Å². The summed E-state index contributed by atoms with van der Waals surface area (Å²) in [6, 6.07) is 6.34. The summed E-state index contributed by atoms with van der Waals surface area (Å²) in [6.45, 7) is 7.24. The van der Waals surface area contributed by atoms with Crippen LogP contribution in [0.5, 0.6) is 11.5 Å². The fourth-order valence-corrected chi connectivity index (χ4v) is 3.33. The van der Waals surface area contributed by atoms with Gasteiger partial charge in [-0.05, 0) is 38.4 Å².